The van der Waals surface area contributed by atoms with Gasteiger partial charge in [0.2, 0.25) is 5.91 Å². The van der Waals surface area contributed by atoms with Crippen LogP contribution in [0.4, 0.5) is 5.69 Å². The zero-order valence-electron chi connectivity index (χ0n) is 18.5. The molecule has 1 heterocycles. The van der Waals surface area contributed by atoms with Gasteiger partial charge in [-0.15, -0.1) is 0 Å². The van der Waals surface area contributed by atoms with E-state index >= 15 is 0 Å². The van der Waals surface area contributed by atoms with Crippen LogP contribution in [-0.2, 0) is 15.0 Å². The minimum absolute atomic E-state index is 0.0205. The molecule has 1 aliphatic rings. The number of benzene rings is 2. The first-order chi connectivity index (χ1) is 15.1. The number of hydrogen-bond acceptors (Lipinski definition) is 4. The number of carbonyl (C=O) groups excluding carboxylic acids is 4. The minimum atomic E-state index is -0.558. The Hall–Kier alpha value is -3.68. The van der Waals surface area contributed by atoms with Crippen LogP contribution in [0.1, 0.15) is 59.9 Å². The van der Waals surface area contributed by atoms with Gasteiger partial charge in [0.1, 0.15) is 0 Å². The molecule has 1 fully saturated rings. The van der Waals surface area contributed by atoms with E-state index in [1.54, 1.807) is 41.3 Å². The molecule has 3 N–H and O–H groups in total. The monoisotopic (exact) mass is 436 g/mol. The molecule has 0 saturated carbocycles. The second-order valence-corrected chi connectivity index (χ2v) is 8.71. The van der Waals surface area contributed by atoms with Crippen LogP contribution >= 0.6 is 0 Å². The number of carbonyl (C=O) groups is 4. The summed E-state index contributed by atoms with van der Waals surface area (Å²) in [7, 11) is 0. The van der Waals surface area contributed by atoms with Gasteiger partial charge in [0.05, 0.1) is 6.54 Å². The molecule has 0 spiro atoms. The molecule has 2 aromatic rings. The van der Waals surface area contributed by atoms with E-state index in [9.17, 15) is 19.2 Å². The number of nitrogens with one attached hydrogen (secondary N) is 3. The zero-order chi connectivity index (χ0) is 23.3. The number of rotatable bonds is 5. The number of anilines is 1. The van der Waals surface area contributed by atoms with Crippen LogP contribution in [0.25, 0.3) is 0 Å². The van der Waals surface area contributed by atoms with Crippen molar-refractivity contribution in [2.24, 2.45) is 0 Å². The SMILES string of the molecule is CC(C)(C)c1ccc(C(=O)NNC(=O)CNC(=O)c2ccc(N3CCCC3=O)cc2)cc1. The van der Waals surface area contributed by atoms with Crippen molar-refractivity contribution in [1.29, 1.82) is 0 Å². The summed E-state index contributed by atoms with van der Waals surface area (Å²) in [5.41, 5.74) is 7.24. The van der Waals surface area contributed by atoms with E-state index in [-0.39, 0.29) is 17.9 Å². The minimum Gasteiger partial charge on any atom is -0.343 e. The summed E-state index contributed by atoms with van der Waals surface area (Å²) in [6.45, 7) is 6.63. The Kier molecular flexibility index (Phi) is 6.92. The lowest BCUT2D eigenvalue weighted by molar-refractivity contribution is -0.121. The molecular weight excluding hydrogens is 408 g/mol. The Morgan fingerprint density at radius 2 is 1.47 bits per heavy atom. The Morgan fingerprint density at radius 1 is 0.875 bits per heavy atom. The Bertz CT molecular complexity index is 1010. The predicted octanol–water partition coefficient (Wildman–Crippen LogP) is 2.30. The highest BCUT2D eigenvalue weighted by atomic mass is 16.2. The molecule has 0 radical (unpaired) electrons. The van der Waals surface area contributed by atoms with Crippen LogP contribution in [0.5, 0.6) is 0 Å². The third-order valence-corrected chi connectivity index (χ3v) is 5.25. The fraction of sp³-hybridized carbons (Fsp3) is 0.333. The molecular formula is C24H28N4O4. The number of amides is 4. The van der Waals surface area contributed by atoms with E-state index in [1.807, 2.05) is 12.1 Å². The van der Waals surface area contributed by atoms with Crippen LogP contribution in [0.15, 0.2) is 48.5 Å². The van der Waals surface area contributed by atoms with Gasteiger partial charge in [0.15, 0.2) is 0 Å². The molecule has 2 aromatic carbocycles. The number of hydrazine groups is 1. The van der Waals surface area contributed by atoms with Gasteiger partial charge >= 0.3 is 0 Å². The van der Waals surface area contributed by atoms with Crippen molar-refractivity contribution in [3.63, 3.8) is 0 Å². The van der Waals surface area contributed by atoms with E-state index in [2.05, 4.69) is 36.9 Å². The summed E-state index contributed by atoms with van der Waals surface area (Å²) in [5, 5.41) is 2.50. The van der Waals surface area contributed by atoms with Crippen LogP contribution in [0.3, 0.4) is 0 Å². The molecule has 0 aromatic heterocycles. The lowest BCUT2D eigenvalue weighted by Gasteiger charge is -2.19. The lowest BCUT2D eigenvalue weighted by atomic mass is 9.87. The van der Waals surface area contributed by atoms with Crippen molar-refractivity contribution in [2.75, 3.05) is 18.0 Å². The molecule has 3 rings (SSSR count). The molecule has 1 saturated heterocycles. The molecule has 8 heteroatoms. The molecule has 0 atom stereocenters. The standard InChI is InChI=1S/C24H28N4O4/c1-24(2,3)18-10-6-17(7-11-18)23(32)27-26-20(29)15-25-22(31)16-8-12-19(13-9-16)28-14-4-5-21(28)30/h6-13H,4-5,14-15H2,1-3H3,(H,25,31)(H,26,29)(H,27,32). The molecule has 0 aliphatic carbocycles. The van der Waals surface area contributed by atoms with Crippen LogP contribution < -0.4 is 21.1 Å². The normalized spacial score (nSPS) is 13.6. The first-order valence-electron chi connectivity index (χ1n) is 10.5. The quantitative estimate of drug-likeness (QED) is 0.625. The number of nitrogens with zero attached hydrogens (tertiary/aromatic N) is 1. The van der Waals surface area contributed by atoms with Crippen LogP contribution in [-0.4, -0.2) is 36.7 Å². The van der Waals surface area contributed by atoms with Gasteiger partial charge in [0, 0.05) is 29.8 Å². The number of hydrogen-bond donors (Lipinski definition) is 3. The van der Waals surface area contributed by atoms with Crippen molar-refractivity contribution in [3.05, 3.63) is 65.2 Å². The van der Waals surface area contributed by atoms with Crippen LogP contribution in [0, 0.1) is 0 Å². The third kappa shape index (κ3) is 5.72. The van der Waals surface area contributed by atoms with Gasteiger partial charge < -0.3 is 10.2 Å². The van der Waals surface area contributed by atoms with E-state index in [1.165, 1.54) is 0 Å². The van der Waals surface area contributed by atoms with E-state index in [4.69, 9.17) is 0 Å². The summed E-state index contributed by atoms with van der Waals surface area (Å²) in [4.78, 5) is 49.9. The van der Waals surface area contributed by atoms with Gasteiger partial charge in [0.25, 0.3) is 17.7 Å². The molecule has 0 bridgehead atoms. The molecule has 8 nitrogen and oxygen atoms in total. The van der Waals surface area contributed by atoms with E-state index in [0.29, 0.717) is 24.1 Å². The topological polar surface area (TPSA) is 108 Å². The fourth-order valence-electron chi connectivity index (χ4n) is 3.34. The average molecular weight is 437 g/mol. The second-order valence-electron chi connectivity index (χ2n) is 8.71. The first kappa shape index (κ1) is 23.0. The smallest absolute Gasteiger partial charge is 0.269 e. The highest BCUT2D eigenvalue weighted by Crippen LogP contribution is 2.22. The highest BCUT2D eigenvalue weighted by molar-refractivity contribution is 5.99. The maximum atomic E-state index is 12.3. The highest BCUT2D eigenvalue weighted by Gasteiger charge is 2.21. The van der Waals surface area contributed by atoms with Gasteiger partial charge in [-0.25, -0.2) is 0 Å². The van der Waals surface area contributed by atoms with Crippen molar-refractivity contribution in [1.82, 2.24) is 16.2 Å². The van der Waals surface area contributed by atoms with Gasteiger partial charge in [-0.1, -0.05) is 32.9 Å². The lowest BCUT2D eigenvalue weighted by Crippen LogP contribution is -2.46. The summed E-state index contributed by atoms with van der Waals surface area (Å²) in [6, 6.07) is 13.8. The van der Waals surface area contributed by atoms with Gasteiger partial charge in [-0.2, -0.15) is 0 Å². The maximum absolute atomic E-state index is 12.3. The summed E-state index contributed by atoms with van der Waals surface area (Å²) >= 11 is 0. The van der Waals surface area contributed by atoms with Crippen molar-refractivity contribution >= 4 is 29.3 Å². The largest absolute Gasteiger partial charge is 0.343 e. The first-order valence-corrected chi connectivity index (χ1v) is 10.5. The predicted molar refractivity (Wildman–Crippen MR) is 121 cm³/mol. The van der Waals surface area contributed by atoms with Gasteiger partial charge in [-0.05, 0) is 53.8 Å². The van der Waals surface area contributed by atoms with Crippen molar-refractivity contribution in [2.45, 2.75) is 39.0 Å². The molecule has 168 valence electrons. The summed E-state index contributed by atoms with van der Waals surface area (Å²) in [6.07, 6.45) is 1.37. The van der Waals surface area contributed by atoms with Crippen molar-refractivity contribution < 1.29 is 19.2 Å². The molecule has 0 unspecified atom stereocenters. The second kappa shape index (κ2) is 9.64. The Balaban J connectivity index is 1.44. The Morgan fingerprint density at radius 3 is 2.03 bits per heavy atom. The van der Waals surface area contributed by atoms with Crippen LogP contribution in [0.2, 0.25) is 0 Å². The maximum Gasteiger partial charge on any atom is 0.269 e. The molecule has 1 aliphatic heterocycles. The molecule has 32 heavy (non-hydrogen) atoms. The third-order valence-electron chi connectivity index (χ3n) is 5.25. The zero-order valence-corrected chi connectivity index (χ0v) is 18.5. The Labute approximate surface area is 187 Å². The van der Waals surface area contributed by atoms with Gasteiger partial charge in [-0.3, -0.25) is 30.0 Å². The summed E-state index contributed by atoms with van der Waals surface area (Å²) in [5.74, 6) is -1.36. The average Bonchev–Trinajstić information content (AvgIpc) is 3.21. The van der Waals surface area contributed by atoms with E-state index in [0.717, 1.165) is 17.7 Å². The van der Waals surface area contributed by atoms with E-state index < -0.39 is 17.7 Å². The molecule has 4 amide bonds. The fourth-order valence-corrected chi connectivity index (χ4v) is 3.34. The summed E-state index contributed by atoms with van der Waals surface area (Å²) < 4.78 is 0. The van der Waals surface area contributed by atoms with Crippen molar-refractivity contribution in [3.8, 4) is 0 Å².